The predicted octanol–water partition coefficient (Wildman–Crippen LogP) is 7.17. The molecule has 0 fully saturated rings. The van der Waals surface area contributed by atoms with Crippen LogP contribution in [0.25, 0.3) is 0 Å². The highest BCUT2D eigenvalue weighted by atomic mass is 127. The van der Waals surface area contributed by atoms with Crippen LogP contribution in [-0.2, 0) is 14.3 Å². The lowest BCUT2D eigenvalue weighted by atomic mass is 9.86. The number of aryl methyl sites for hydroxylation is 1. The van der Waals surface area contributed by atoms with Gasteiger partial charge in [0.05, 0.1) is 11.5 Å². The first-order chi connectivity index (χ1) is 15.1. The Labute approximate surface area is 201 Å². The lowest BCUT2D eigenvalue weighted by molar-refractivity contribution is -0.412. The van der Waals surface area contributed by atoms with E-state index in [-0.39, 0.29) is 17.7 Å². The fourth-order valence-corrected chi connectivity index (χ4v) is 4.66. The molecule has 1 aromatic rings. The van der Waals surface area contributed by atoms with Crippen molar-refractivity contribution in [1.82, 2.24) is 0 Å². The highest BCUT2D eigenvalue weighted by Gasteiger charge is 2.86. The SMILES string of the molecule is Cc1ccc(S(=O)(=O)OCCCCC(I)CC(F)(C(F)(F)F)C(F)(F)C(F)(F)C(F)(F)F)cc1. The molecule has 198 valence electrons. The van der Waals surface area contributed by atoms with Crippen LogP contribution in [0.5, 0.6) is 0 Å². The van der Waals surface area contributed by atoms with Gasteiger partial charge in [-0.05, 0) is 31.9 Å². The number of unbranched alkanes of at least 4 members (excludes halogenated alkanes) is 1. The lowest BCUT2D eigenvalue weighted by Gasteiger charge is -2.40. The molecule has 2 atom stereocenters. The molecule has 0 saturated carbocycles. The number of rotatable bonds is 11. The normalized spacial score (nSPS) is 16.9. The minimum Gasteiger partial charge on any atom is -0.266 e. The van der Waals surface area contributed by atoms with E-state index in [0.717, 1.165) is 28.2 Å². The topological polar surface area (TPSA) is 43.4 Å². The quantitative estimate of drug-likeness (QED) is 0.0840. The molecule has 0 aliphatic carbocycles. The Morgan fingerprint density at radius 2 is 1.32 bits per heavy atom. The molecule has 16 heteroatoms. The Morgan fingerprint density at radius 3 is 1.76 bits per heavy atom. The number of hydrogen-bond acceptors (Lipinski definition) is 3. The number of halogens is 12. The van der Waals surface area contributed by atoms with Crippen LogP contribution in [-0.4, -0.2) is 48.8 Å². The molecule has 0 amide bonds. The molecule has 1 aromatic carbocycles. The molecule has 0 saturated heterocycles. The molecule has 0 bridgehead atoms. The fraction of sp³-hybridized carbons (Fsp3) is 0.667. The van der Waals surface area contributed by atoms with Crippen molar-refractivity contribution < 1.29 is 60.9 Å². The van der Waals surface area contributed by atoms with Crippen molar-refractivity contribution in [2.45, 2.75) is 71.3 Å². The Kier molecular flexibility index (Phi) is 9.70. The number of hydrogen-bond donors (Lipinski definition) is 0. The van der Waals surface area contributed by atoms with Gasteiger partial charge >= 0.3 is 24.2 Å². The summed E-state index contributed by atoms with van der Waals surface area (Å²) in [6, 6.07) is 5.47. The average molecular weight is 650 g/mol. The van der Waals surface area contributed by atoms with Crippen molar-refractivity contribution in [1.29, 1.82) is 0 Å². The summed E-state index contributed by atoms with van der Waals surface area (Å²) in [5, 5.41) is 0. The van der Waals surface area contributed by atoms with E-state index in [4.69, 9.17) is 4.18 Å². The zero-order valence-electron chi connectivity index (χ0n) is 17.1. The van der Waals surface area contributed by atoms with Gasteiger partial charge in [-0.3, -0.25) is 4.18 Å². The second kappa shape index (κ2) is 10.6. The Bertz CT molecular complexity index is 915. The first-order valence-corrected chi connectivity index (χ1v) is 11.9. The summed E-state index contributed by atoms with van der Waals surface area (Å²) in [5.74, 6) is -14.4. The Morgan fingerprint density at radius 1 is 0.824 bits per heavy atom. The Balaban J connectivity index is 2.80. The van der Waals surface area contributed by atoms with Crippen molar-refractivity contribution in [3.8, 4) is 0 Å². The largest absolute Gasteiger partial charge is 0.460 e. The summed E-state index contributed by atoms with van der Waals surface area (Å²) < 4.78 is 171. The summed E-state index contributed by atoms with van der Waals surface area (Å²) in [6.45, 7) is 1.20. The molecule has 0 radical (unpaired) electrons. The minimum atomic E-state index is -7.29. The van der Waals surface area contributed by atoms with Crippen molar-refractivity contribution in [2.75, 3.05) is 6.61 Å². The molecule has 3 nitrogen and oxygen atoms in total. The summed E-state index contributed by atoms with van der Waals surface area (Å²) >= 11 is 1.02. The van der Waals surface area contributed by atoms with Gasteiger partial charge in [0.25, 0.3) is 15.8 Å². The van der Waals surface area contributed by atoms with Crippen molar-refractivity contribution in [3.05, 3.63) is 29.8 Å². The molecule has 0 aliphatic heterocycles. The molecule has 0 heterocycles. The summed E-state index contributed by atoms with van der Waals surface area (Å²) in [6.07, 6.45) is -17.2. The Hall–Kier alpha value is -0.910. The van der Waals surface area contributed by atoms with E-state index >= 15 is 0 Å². The molecule has 2 unspecified atom stereocenters. The second-order valence-electron chi connectivity index (χ2n) is 7.33. The van der Waals surface area contributed by atoms with Crippen LogP contribution in [0.4, 0.5) is 48.3 Å². The third kappa shape index (κ3) is 6.64. The first kappa shape index (κ1) is 31.1. The van der Waals surface area contributed by atoms with Gasteiger partial charge in [-0.15, -0.1) is 0 Å². The van der Waals surface area contributed by atoms with Gasteiger partial charge in [-0.1, -0.05) is 46.7 Å². The fourth-order valence-electron chi connectivity index (χ4n) is 2.67. The smallest absolute Gasteiger partial charge is 0.266 e. The number of benzene rings is 1. The van der Waals surface area contributed by atoms with Crippen molar-refractivity contribution >= 4 is 32.7 Å². The number of alkyl halides is 12. The third-order valence-electron chi connectivity index (χ3n) is 4.66. The van der Waals surface area contributed by atoms with Crippen molar-refractivity contribution in [3.63, 3.8) is 0 Å². The van der Waals surface area contributed by atoms with Gasteiger partial charge in [-0.25, -0.2) is 4.39 Å². The van der Waals surface area contributed by atoms with E-state index in [2.05, 4.69) is 0 Å². The van der Waals surface area contributed by atoms with Gasteiger partial charge in [0, 0.05) is 10.3 Å². The van der Waals surface area contributed by atoms with E-state index in [1.165, 1.54) is 24.3 Å². The zero-order valence-corrected chi connectivity index (χ0v) is 20.1. The maximum atomic E-state index is 14.3. The average Bonchev–Trinajstić information content (AvgIpc) is 2.65. The van der Waals surface area contributed by atoms with Gasteiger partial charge in [0.15, 0.2) is 0 Å². The standard InChI is InChI=1S/C18H18F11IO3S/c1-11-5-7-13(8-6-11)34(31,32)33-9-3-2-4-12(30)10-14(19,17(24,25)26)15(20,21)16(22,23)18(27,28)29/h5-8,12H,2-4,9-10H2,1H3. The van der Waals surface area contributed by atoms with E-state index in [1.807, 2.05) is 0 Å². The monoisotopic (exact) mass is 650 g/mol. The molecular formula is C18H18F11IO3S. The molecule has 0 aromatic heterocycles. The van der Waals surface area contributed by atoms with Gasteiger partial charge < -0.3 is 0 Å². The van der Waals surface area contributed by atoms with Crippen LogP contribution in [0.3, 0.4) is 0 Å². The predicted molar refractivity (Wildman–Crippen MR) is 106 cm³/mol. The third-order valence-corrected chi connectivity index (χ3v) is 7.05. The van der Waals surface area contributed by atoms with E-state index in [0.29, 0.717) is 0 Å². The highest BCUT2D eigenvalue weighted by molar-refractivity contribution is 14.1. The first-order valence-electron chi connectivity index (χ1n) is 9.28. The molecular weight excluding hydrogens is 632 g/mol. The summed E-state index contributed by atoms with van der Waals surface area (Å²) in [5.41, 5.74) is -5.43. The van der Waals surface area contributed by atoms with Crippen LogP contribution in [0, 0.1) is 6.92 Å². The maximum Gasteiger partial charge on any atom is 0.460 e. The highest BCUT2D eigenvalue weighted by Crippen LogP contribution is 2.59. The van der Waals surface area contributed by atoms with Gasteiger partial charge in [0.2, 0.25) is 0 Å². The van der Waals surface area contributed by atoms with Crippen LogP contribution >= 0.6 is 22.6 Å². The molecule has 0 N–H and O–H groups in total. The zero-order chi connectivity index (χ0) is 26.8. The summed E-state index contributed by atoms with van der Waals surface area (Å²) in [4.78, 5) is -0.190. The van der Waals surface area contributed by atoms with Crippen LogP contribution in [0.15, 0.2) is 29.2 Å². The molecule has 0 spiro atoms. The maximum absolute atomic E-state index is 14.3. The van der Waals surface area contributed by atoms with E-state index in [9.17, 15) is 56.7 Å². The lowest BCUT2D eigenvalue weighted by Crippen LogP contribution is -2.67. The van der Waals surface area contributed by atoms with Gasteiger partial charge in [0.1, 0.15) is 0 Å². The van der Waals surface area contributed by atoms with Gasteiger partial charge in [-0.2, -0.15) is 52.3 Å². The molecule has 1 rings (SSSR count). The minimum absolute atomic E-state index is 0.176. The van der Waals surface area contributed by atoms with Crippen LogP contribution in [0.2, 0.25) is 0 Å². The molecule has 0 aliphatic rings. The van der Waals surface area contributed by atoms with Crippen LogP contribution < -0.4 is 0 Å². The van der Waals surface area contributed by atoms with E-state index in [1.54, 1.807) is 6.92 Å². The second-order valence-corrected chi connectivity index (χ2v) is 10.7. The summed E-state index contributed by atoms with van der Waals surface area (Å²) in [7, 11) is -4.18. The van der Waals surface area contributed by atoms with Crippen LogP contribution in [0.1, 0.15) is 31.2 Å². The van der Waals surface area contributed by atoms with E-state index < -0.39 is 63.4 Å². The molecule has 34 heavy (non-hydrogen) atoms. The van der Waals surface area contributed by atoms with Crippen molar-refractivity contribution in [2.24, 2.45) is 0 Å².